The number of aromatic nitrogens is 2. The van der Waals surface area contributed by atoms with Crippen LogP contribution in [0.25, 0.3) is 0 Å². The van der Waals surface area contributed by atoms with Crippen LogP contribution in [-0.4, -0.2) is 21.2 Å². The molecule has 100 valence electrons. The van der Waals surface area contributed by atoms with Gasteiger partial charge >= 0.3 is 5.97 Å². The van der Waals surface area contributed by atoms with Gasteiger partial charge in [0.05, 0.1) is 0 Å². The van der Waals surface area contributed by atoms with E-state index in [9.17, 15) is 9.90 Å². The van der Waals surface area contributed by atoms with Crippen molar-refractivity contribution in [3.8, 4) is 5.75 Å². The van der Waals surface area contributed by atoms with E-state index in [1.54, 1.807) is 12.1 Å². The second kappa shape index (κ2) is 5.51. The molecule has 0 saturated heterocycles. The van der Waals surface area contributed by atoms with Crippen molar-refractivity contribution < 1.29 is 19.2 Å². The topological polar surface area (TPSA) is 85.5 Å². The Morgan fingerprint density at radius 3 is 2.79 bits per heavy atom. The van der Waals surface area contributed by atoms with Crippen molar-refractivity contribution in [2.45, 2.75) is 26.4 Å². The number of benzene rings is 1. The van der Waals surface area contributed by atoms with Crippen LogP contribution in [0.4, 0.5) is 0 Å². The van der Waals surface area contributed by atoms with Crippen molar-refractivity contribution in [1.82, 2.24) is 10.1 Å². The zero-order chi connectivity index (χ0) is 13.8. The lowest BCUT2D eigenvalue weighted by Crippen LogP contribution is -2.05. The third kappa shape index (κ3) is 3.09. The summed E-state index contributed by atoms with van der Waals surface area (Å²) in [6.07, 6.45) is 0. The maximum absolute atomic E-state index is 11.7. The van der Waals surface area contributed by atoms with Gasteiger partial charge in [-0.25, -0.2) is 4.79 Å². The van der Waals surface area contributed by atoms with Gasteiger partial charge in [-0.2, -0.15) is 4.98 Å². The Kier molecular flexibility index (Phi) is 3.79. The minimum absolute atomic E-state index is 0.103. The van der Waals surface area contributed by atoms with Crippen LogP contribution in [0.5, 0.6) is 5.75 Å². The average molecular weight is 262 g/mol. The number of esters is 1. The van der Waals surface area contributed by atoms with Gasteiger partial charge in [0.25, 0.3) is 5.89 Å². The van der Waals surface area contributed by atoms with E-state index < -0.39 is 5.97 Å². The highest BCUT2D eigenvalue weighted by Crippen LogP contribution is 2.17. The van der Waals surface area contributed by atoms with Crippen LogP contribution in [-0.2, 0) is 11.3 Å². The summed E-state index contributed by atoms with van der Waals surface area (Å²) in [5.74, 6) is 0.177. The molecule has 0 aliphatic heterocycles. The molecule has 0 aliphatic rings. The van der Waals surface area contributed by atoms with Crippen LogP contribution >= 0.6 is 0 Å². The van der Waals surface area contributed by atoms with E-state index in [-0.39, 0.29) is 29.7 Å². The van der Waals surface area contributed by atoms with E-state index in [4.69, 9.17) is 9.26 Å². The number of ether oxygens (including phenoxy) is 1. The third-order valence-corrected chi connectivity index (χ3v) is 2.45. The predicted molar refractivity (Wildman–Crippen MR) is 65.6 cm³/mol. The molecular weight excluding hydrogens is 248 g/mol. The van der Waals surface area contributed by atoms with Gasteiger partial charge in [-0.3, -0.25) is 0 Å². The van der Waals surface area contributed by atoms with Crippen molar-refractivity contribution >= 4 is 5.97 Å². The van der Waals surface area contributed by atoms with Gasteiger partial charge in [0.1, 0.15) is 11.3 Å². The average Bonchev–Trinajstić information content (AvgIpc) is 2.85. The summed E-state index contributed by atoms with van der Waals surface area (Å²) in [5, 5.41) is 13.3. The molecule has 2 aromatic rings. The molecule has 0 radical (unpaired) electrons. The van der Waals surface area contributed by atoms with Crippen LogP contribution in [0.2, 0.25) is 0 Å². The van der Waals surface area contributed by atoms with Gasteiger partial charge in [0, 0.05) is 5.92 Å². The molecule has 1 aromatic heterocycles. The number of para-hydroxylation sites is 1. The van der Waals surface area contributed by atoms with Gasteiger partial charge in [0.15, 0.2) is 12.4 Å². The summed E-state index contributed by atoms with van der Waals surface area (Å²) >= 11 is 0. The summed E-state index contributed by atoms with van der Waals surface area (Å²) in [4.78, 5) is 15.8. The summed E-state index contributed by atoms with van der Waals surface area (Å²) < 4.78 is 9.93. The number of carbonyl (C=O) groups is 1. The molecule has 0 unspecified atom stereocenters. The van der Waals surface area contributed by atoms with E-state index in [0.29, 0.717) is 5.82 Å². The van der Waals surface area contributed by atoms with Gasteiger partial charge < -0.3 is 14.4 Å². The Hall–Kier alpha value is -2.37. The van der Waals surface area contributed by atoms with Crippen molar-refractivity contribution in [3.05, 3.63) is 41.5 Å². The molecule has 0 saturated carbocycles. The first-order valence-electron chi connectivity index (χ1n) is 5.85. The number of phenolic OH excluding ortho intramolecular Hbond substituents is 1. The summed E-state index contributed by atoms with van der Waals surface area (Å²) in [6.45, 7) is 3.75. The van der Waals surface area contributed by atoms with Crippen molar-refractivity contribution in [1.29, 1.82) is 0 Å². The van der Waals surface area contributed by atoms with E-state index >= 15 is 0 Å². The number of nitrogens with zero attached hydrogens (tertiary/aromatic N) is 2. The number of aromatic hydroxyl groups is 1. The fraction of sp³-hybridized carbons (Fsp3) is 0.308. The fourth-order valence-corrected chi connectivity index (χ4v) is 1.41. The molecule has 0 spiro atoms. The molecule has 0 fully saturated rings. The van der Waals surface area contributed by atoms with Crippen molar-refractivity contribution in [2.24, 2.45) is 0 Å². The first-order chi connectivity index (χ1) is 9.08. The second-order valence-electron chi connectivity index (χ2n) is 4.29. The van der Waals surface area contributed by atoms with E-state index in [0.717, 1.165) is 0 Å². The largest absolute Gasteiger partial charge is 0.507 e. The Morgan fingerprint density at radius 1 is 1.42 bits per heavy atom. The zero-order valence-electron chi connectivity index (χ0n) is 10.7. The number of hydrogen-bond acceptors (Lipinski definition) is 6. The molecule has 0 atom stereocenters. The molecule has 1 heterocycles. The normalized spacial score (nSPS) is 10.7. The number of carbonyl (C=O) groups excluding carboxylic acids is 1. The van der Waals surface area contributed by atoms with Crippen LogP contribution < -0.4 is 0 Å². The molecule has 1 aromatic carbocycles. The first kappa shape index (κ1) is 13.1. The van der Waals surface area contributed by atoms with E-state index in [2.05, 4.69) is 10.1 Å². The highest BCUT2D eigenvalue weighted by molar-refractivity contribution is 5.92. The molecule has 0 amide bonds. The van der Waals surface area contributed by atoms with Crippen LogP contribution in [0.15, 0.2) is 28.8 Å². The van der Waals surface area contributed by atoms with Crippen LogP contribution in [0.3, 0.4) is 0 Å². The summed E-state index contributed by atoms with van der Waals surface area (Å²) in [6, 6.07) is 6.16. The SMILES string of the molecule is CC(C)c1noc(COC(=O)c2ccccc2O)n1. The fourth-order valence-electron chi connectivity index (χ4n) is 1.41. The Bertz CT molecular complexity index is 578. The Balaban J connectivity index is 1.98. The van der Waals surface area contributed by atoms with Crippen molar-refractivity contribution in [2.75, 3.05) is 0 Å². The number of rotatable bonds is 4. The molecule has 19 heavy (non-hydrogen) atoms. The maximum Gasteiger partial charge on any atom is 0.342 e. The second-order valence-corrected chi connectivity index (χ2v) is 4.29. The molecule has 2 rings (SSSR count). The molecule has 6 heteroatoms. The number of hydrogen-bond donors (Lipinski definition) is 1. The van der Waals surface area contributed by atoms with Crippen LogP contribution in [0, 0.1) is 0 Å². The van der Waals surface area contributed by atoms with Gasteiger partial charge in [-0.1, -0.05) is 31.1 Å². The van der Waals surface area contributed by atoms with Gasteiger partial charge in [-0.15, -0.1) is 0 Å². The van der Waals surface area contributed by atoms with Crippen LogP contribution in [0.1, 0.15) is 41.8 Å². The van der Waals surface area contributed by atoms with Gasteiger partial charge in [0.2, 0.25) is 0 Å². The smallest absolute Gasteiger partial charge is 0.342 e. The highest BCUT2D eigenvalue weighted by Gasteiger charge is 2.15. The minimum atomic E-state index is -0.637. The quantitative estimate of drug-likeness (QED) is 0.850. The first-order valence-corrected chi connectivity index (χ1v) is 5.85. The van der Waals surface area contributed by atoms with E-state index in [1.165, 1.54) is 12.1 Å². The molecule has 1 N–H and O–H groups in total. The van der Waals surface area contributed by atoms with E-state index in [1.807, 2.05) is 13.8 Å². The molecular formula is C13H14N2O4. The van der Waals surface area contributed by atoms with Crippen molar-refractivity contribution in [3.63, 3.8) is 0 Å². The number of phenols is 1. The lowest BCUT2D eigenvalue weighted by Gasteiger charge is -2.03. The molecule has 0 aliphatic carbocycles. The summed E-state index contributed by atoms with van der Waals surface area (Å²) in [7, 11) is 0. The standard InChI is InChI=1S/C13H14N2O4/c1-8(2)12-14-11(19-15-12)7-18-13(17)9-5-3-4-6-10(9)16/h3-6,8,16H,7H2,1-2H3. The maximum atomic E-state index is 11.7. The lowest BCUT2D eigenvalue weighted by atomic mass is 10.2. The third-order valence-electron chi connectivity index (χ3n) is 2.45. The lowest BCUT2D eigenvalue weighted by molar-refractivity contribution is 0.0426. The summed E-state index contributed by atoms with van der Waals surface area (Å²) in [5.41, 5.74) is 0.103. The molecule has 0 bridgehead atoms. The monoisotopic (exact) mass is 262 g/mol. The molecule has 6 nitrogen and oxygen atoms in total. The predicted octanol–water partition coefficient (Wildman–Crippen LogP) is 2.26. The minimum Gasteiger partial charge on any atom is -0.507 e. The zero-order valence-corrected chi connectivity index (χ0v) is 10.7. The Morgan fingerprint density at radius 2 is 2.16 bits per heavy atom. The van der Waals surface area contributed by atoms with Gasteiger partial charge in [-0.05, 0) is 12.1 Å². The Labute approximate surface area is 110 Å². The highest BCUT2D eigenvalue weighted by atomic mass is 16.6.